The second-order valence-corrected chi connectivity index (χ2v) is 3.90. The molecule has 0 aliphatic carbocycles. The molecule has 84 valence electrons. The molecule has 0 N–H and O–H groups in total. The third kappa shape index (κ3) is 2.81. The van der Waals surface area contributed by atoms with E-state index in [1.807, 2.05) is 0 Å². The van der Waals surface area contributed by atoms with Crippen LogP contribution in [-0.2, 0) is 4.74 Å². The molecule has 1 heterocycles. The maximum Gasteiger partial charge on any atom is 0.354 e. The second kappa shape index (κ2) is 4.02. The standard InChI is InChI=1S/C8H14F4NO/c1-13(2-4-14-5-3-13)6-8(11,12)7(9)10/h7H,2-6H2,1H3/q+1. The van der Waals surface area contributed by atoms with Crippen molar-refractivity contribution in [1.29, 1.82) is 0 Å². The summed E-state index contributed by atoms with van der Waals surface area (Å²) >= 11 is 0. The highest BCUT2D eigenvalue weighted by Gasteiger charge is 2.48. The molecule has 0 saturated carbocycles. The quantitative estimate of drug-likeness (QED) is 0.511. The van der Waals surface area contributed by atoms with Gasteiger partial charge in [-0.25, -0.2) is 8.78 Å². The molecule has 2 nitrogen and oxygen atoms in total. The normalized spacial score (nSPS) is 22.7. The van der Waals surface area contributed by atoms with Gasteiger partial charge in [-0.05, 0) is 0 Å². The van der Waals surface area contributed by atoms with Crippen molar-refractivity contribution in [1.82, 2.24) is 0 Å². The molecule has 1 fully saturated rings. The van der Waals surface area contributed by atoms with Gasteiger partial charge in [0.2, 0.25) is 0 Å². The van der Waals surface area contributed by atoms with Gasteiger partial charge < -0.3 is 9.22 Å². The number of alkyl halides is 4. The molecule has 0 spiro atoms. The van der Waals surface area contributed by atoms with Gasteiger partial charge in [0.15, 0.2) is 0 Å². The minimum Gasteiger partial charge on any atom is -0.370 e. The van der Waals surface area contributed by atoms with E-state index in [0.29, 0.717) is 26.3 Å². The number of likely N-dealkylation sites (N-methyl/N-ethyl adjacent to an activating group) is 1. The predicted octanol–water partition coefficient (Wildman–Crippen LogP) is 1.36. The van der Waals surface area contributed by atoms with Crippen LogP contribution < -0.4 is 0 Å². The average Bonchev–Trinajstić information content (AvgIpc) is 2.03. The molecule has 0 amide bonds. The smallest absolute Gasteiger partial charge is 0.354 e. The highest BCUT2D eigenvalue weighted by molar-refractivity contribution is 4.69. The summed E-state index contributed by atoms with van der Waals surface area (Å²) in [5.41, 5.74) is 0. The molecule has 1 rings (SSSR count). The summed E-state index contributed by atoms with van der Waals surface area (Å²) in [6.07, 6.45) is -3.58. The van der Waals surface area contributed by atoms with Crippen molar-refractivity contribution in [2.24, 2.45) is 0 Å². The minimum atomic E-state index is -3.90. The number of hydrogen-bond acceptors (Lipinski definition) is 1. The van der Waals surface area contributed by atoms with E-state index >= 15 is 0 Å². The Labute approximate surface area is 80.0 Å². The molecule has 0 unspecified atom stereocenters. The van der Waals surface area contributed by atoms with Crippen molar-refractivity contribution in [3.8, 4) is 0 Å². The monoisotopic (exact) mass is 216 g/mol. The third-order valence-electron chi connectivity index (χ3n) is 2.46. The van der Waals surface area contributed by atoms with Crippen molar-refractivity contribution in [2.45, 2.75) is 12.3 Å². The van der Waals surface area contributed by atoms with E-state index in [1.165, 1.54) is 0 Å². The van der Waals surface area contributed by atoms with Gasteiger partial charge in [-0.2, -0.15) is 8.78 Å². The SMILES string of the molecule is C[N+]1(CC(F)(F)C(F)F)CCOCC1. The molecular weight excluding hydrogens is 202 g/mol. The Bertz CT molecular complexity index is 192. The molecule has 0 bridgehead atoms. The summed E-state index contributed by atoms with van der Waals surface area (Å²) in [5, 5.41) is 0. The number of morpholine rings is 1. The van der Waals surface area contributed by atoms with E-state index in [9.17, 15) is 17.6 Å². The van der Waals surface area contributed by atoms with Crippen LogP contribution in [0.5, 0.6) is 0 Å². The van der Waals surface area contributed by atoms with Gasteiger partial charge >= 0.3 is 12.3 Å². The van der Waals surface area contributed by atoms with E-state index < -0.39 is 18.9 Å². The maximum atomic E-state index is 12.8. The molecule has 0 radical (unpaired) electrons. The molecule has 0 atom stereocenters. The number of ether oxygens (including phenoxy) is 1. The van der Waals surface area contributed by atoms with Crippen LogP contribution in [0.15, 0.2) is 0 Å². The molecule has 6 heteroatoms. The van der Waals surface area contributed by atoms with Gasteiger partial charge in [-0.15, -0.1) is 0 Å². The Morgan fingerprint density at radius 2 is 1.79 bits per heavy atom. The predicted molar refractivity (Wildman–Crippen MR) is 42.6 cm³/mol. The molecule has 0 aromatic carbocycles. The Morgan fingerprint density at radius 3 is 2.21 bits per heavy atom. The Kier molecular flexibility index (Phi) is 3.36. The van der Waals surface area contributed by atoms with Crippen LogP contribution in [0.1, 0.15) is 0 Å². The fraction of sp³-hybridized carbons (Fsp3) is 1.00. The summed E-state index contributed by atoms with van der Waals surface area (Å²) in [4.78, 5) is 0. The summed E-state index contributed by atoms with van der Waals surface area (Å²) in [6.45, 7) is 0.629. The lowest BCUT2D eigenvalue weighted by atomic mass is 10.2. The second-order valence-electron chi connectivity index (χ2n) is 3.90. The van der Waals surface area contributed by atoms with E-state index in [4.69, 9.17) is 4.74 Å². The van der Waals surface area contributed by atoms with Crippen LogP contribution >= 0.6 is 0 Å². The lowest BCUT2D eigenvalue weighted by Crippen LogP contribution is -2.58. The number of quaternary nitrogens is 1. The average molecular weight is 216 g/mol. The molecule has 1 aliphatic heterocycles. The highest BCUT2D eigenvalue weighted by Crippen LogP contribution is 2.26. The van der Waals surface area contributed by atoms with Gasteiger partial charge in [-0.1, -0.05) is 0 Å². The van der Waals surface area contributed by atoms with Crippen LogP contribution in [0.2, 0.25) is 0 Å². The number of halogens is 4. The summed E-state index contributed by atoms with van der Waals surface area (Å²) in [7, 11) is 1.55. The van der Waals surface area contributed by atoms with Crippen LogP contribution in [0.3, 0.4) is 0 Å². The number of nitrogens with zero attached hydrogens (tertiary/aromatic N) is 1. The molecule has 0 aromatic rings. The molecule has 1 saturated heterocycles. The molecule has 1 aliphatic rings. The van der Waals surface area contributed by atoms with Gasteiger partial charge in [-0.3, -0.25) is 0 Å². The van der Waals surface area contributed by atoms with Crippen molar-refractivity contribution in [2.75, 3.05) is 39.9 Å². The maximum absolute atomic E-state index is 12.8. The first kappa shape index (κ1) is 11.7. The Morgan fingerprint density at radius 1 is 1.29 bits per heavy atom. The van der Waals surface area contributed by atoms with Crippen molar-refractivity contribution in [3.63, 3.8) is 0 Å². The molecule has 14 heavy (non-hydrogen) atoms. The van der Waals surface area contributed by atoms with Crippen LogP contribution in [0.25, 0.3) is 0 Å². The highest BCUT2D eigenvalue weighted by atomic mass is 19.3. The topological polar surface area (TPSA) is 9.23 Å². The van der Waals surface area contributed by atoms with Crippen LogP contribution in [0, 0.1) is 0 Å². The first-order valence-corrected chi connectivity index (χ1v) is 4.43. The zero-order valence-corrected chi connectivity index (χ0v) is 7.98. The van der Waals surface area contributed by atoms with Gasteiger partial charge in [0.1, 0.15) is 19.6 Å². The van der Waals surface area contributed by atoms with Gasteiger partial charge in [0.05, 0.1) is 20.3 Å². The van der Waals surface area contributed by atoms with E-state index in [-0.39, 0.29) is 4.48 Å². The fourth-order valence-electron chi connectivity index (χ4n) is 1.52. The summed E-state index contributed by atoms with van der Waals surface area (Å²) < 4.78 is 54.4. The van der Waals surface area contributed by atoms with Gasteiger partial charge in [0, 0.05) is 0 Å². The largest absolute Gasteiger partial charge is 0.370 e. The van der Waals surface area contributed by atoms with E-state index in [2.05, 4.69) is 0 Å². The first-order valence-electron chi connectivity index (χ1n) is 4.43. The van der Waals surface area contributed by atoms with Crippen molar-refractivity contribution < 1.29 is 26.8 Å². The number of hydrogen-bond donors (Lipinski definition) is 0. The third-order valence-corrected chi connectivity index (χ3v) is 2.46. The lowest BCUT2D eigenvalue weighted by Gasteiger charge is -2.39. The van der Waals surface area contributed by atoms with Crippen molar-refractivity contribution in [3.05, 3.63) is 0 Å². The molecular formula is C8H14F4NO+. The van der Waals surface area contributed by atoms with Crippen molar-refractivity contribution >= 4 is 0 Å². The fourth-order valence-corrected chi connectivity index (χ4v) is 1.52. The van der Waals surface area contributed by atoms with E-state index in [0.717, 1.165) is 0 Å². The Hall–Kier alpha value is -0.360. The Balaban J connectivity index is 2.56. The first-order chi connectivity index (χ1) is 6.36. The van der Waals surface area contributed by atoms with Gasteiger partial charge in [0.25, 0.3) is 0 Å². The minimum absolute atomic E-state index is 0.0443. The van der Waals surface area contributed by atoms with Crippen LogP contribution in [-0.4, -0.2) is 56.7 Å². The molecule has 0 aromatic heterocycles. The summed E-state index contributed by atoms with van der Waals surface area (Å²) in [6, 6.07) is 0. The zero-order chi connectivity index (χ0) is 10.8. The van der Waals surface area contributed by atoms with E-state index in [1.54, 1.807) is 7.05 Å². The number of rotatable bonds is 3. The summed E-state index contributed by atoms with van der Waals surface area (Å²) in [5.74, 6) is -3.90. The van der Waals surface area contributed by atoms with Crippen LogP contribution in [0.4, 0.5) is 17.6 Å². The zero-order valence-electron chi connectivity index (χ0n) is 7.98. The lowest BCUT2D eigenvalue weighted by molar-refractivity contribution is -0.924.